The highest BCUT2D eigenvalue weighted by atomic mass is 19.1. The number of rotatable bonds is 2. The number of aromatic nitrogens is 2. The summed E-state index contributed by atoms with van der Waals surface area (Å²) in [4.78, 5) is 2.22. The topological polar surface area (TPSA) is 41.0 Å². The van der Waals surface area contributed by atoms with Gasteiger partial charge in [-0.2, -0.15) is 0 Å². The number of nitrogens with zero attached hydrogens (tertiary/aromatic N) is 3. The Morgan fingerprint density at radius 1 is 1.05 bits per heavy atom. The Morgan fingerprint density at radius 2 is 2.00 bits per heavy atom. The van der Waals surface area contributed by atoms with E-state index < -0.39 is 0 Å². The molecular formula is C15H17FN4. The van der Waals surface area contributed by atoms with E-state index in [9.17, 15) is 4.39 Å². The van der Waals surface area contributed by atoms with Crippen molar-refractivity contribution in [1.82, 2.24) is 15.5 Å². The van der Waals surface area contributed by atoms with Crippen LogP contribution in [0.3, 0.4) is 0 Å². The first kappa shape index (κ1) is 13.0. The standard InChI is InChI=1S/C15H17FN4/c16-13-4-1-3-12(11-13)14-5-6-15(19-18-14)20-9-2-7-17-8-10-20/h1,3-6,11,17H,2,7-10H2. The van der Waals surface area contributed by atoms with Crippen molar-refractivity contribution in [2.75, 3.05) is 31.1 Å². The minimum absolute atomic E-state index is 0.257. The minimum atomic E-state index is -0.257. The molecule has 0 amide bonds. The molecule has 0 radical (unpaired) electrons. The summed E-state index contributed by atoms with van der Waals surface area (Å²) in [6.07, 6.45) is 1.10. The van der Waals surface area contributed by atoms with Crippen LogP contribution in [0.25, 0.3) is 11.3 Å². The second-order valence-corrected chi connectivity index (χ2v) is 4.88. The van der Waals surface area contributed by atoms with Crippen LogP contribution < -0.4 is 10.2 Å². The first-order valence-electron chi connectivity index (χ1n) is 6.88. The summed E-state index contributed by atoms with van der Waals surface area (Å²) in [5, 5.41) is 11.9. The van der Waals surface area contributed by atoms with Gasteiger partial charge in [0.05, 0.1) is 5.69 Å². The molecule has 0 saturated carbocycles. The average Bonchev–Trinajstić information content (AvgIpc) is 2.76. The summed E-state index contributed by atoms with van der Waals surface area (Å²) in [6.45, 7) is 3.94. The Morgan fingerprint density at radius 3 is 2.80 bits per heavy atom. The summed E-state index contributed by atoms with van der Waals surface area (Å²) in [7, 11) is 0. The molecule has 20 heavy (non-hydrogen) atoms. The Bertz CT molecular complexity index is 562. The lowest BCUT2D eigenvalue weighted by atomic mass is 10.1. The Labute approximate surface area is 117 Å². The summed E-state index contributed by atoms with van der Waals surface area (Å²) < 4.78 is 13.2. The van der Waals surface area contributed by atoms with Crippen LogP contribution in [0, 0.1) is 5.82 Å². The monoisotopic (exact) mass is 272 g/mol. The maximum atomic E-state index is 13.2. The molecule has 1 fully saturated rings. The molecule has 104 valence electrons. The van der Waals surface area contributed by atoms with Crippen molar-refractivity contribution in [1.29, 1.82) is 0 Å². The highest BCUT2D eigenvalue weighted by Crippen LogP contribution is 2.19. The smallest absolute Gasteiger partial charge is 0.151 e. The van der Waals surface area contributed by atoms with E-state index in [2.05, 4.69) is 20.4 Å². The van der Waals surface area contributed by atoms with Crippen LogP contribution in [0.4, 0.5) is 10.2 Å². The molecule has 0 atom stereocenters. The third kappa shape index (κ3) is 2.93. The molecule has 0 spiro atoms. The number of anilines is 1. The van der Waals surface area contributed by atoms with Gasteiger partial charge < -0.3 is 10.2 Å². The molecule has 1 aliphatic rings. The maximum Gasteiger partial charge on any atom is 0.151 e. The average molecular weight is 272 g/mol. The van der Waals surface area contributed by atoms with Gasteiger partial charge in [-0.1, -0.05) is 12.1 Å². The molecule has 1 aromatic carbocycles. The van der Waals surface area contributed by atoms with Crippen LogP contribution in [0.2, 0.25) is 0 Å². The Kier molecular flexibility index (Phi) is 3.87. The van der Waals surface area contributed by atoms with E-state index in [0.29, 0.717) is 5.69 Å². The van der Waals surface area contributed by atoms with E-state index in [-0.39, 0.29) is 5.82 Å². The lowest BCUT2D eigenvalue weighted by molar-refractivity contribution is 0.628. The number of hydrogen-bond acceptors (Lipinski definition) is 4. The normalized spacial score (nSPS) is 15.9. The van der Waals surface area contributed by atoms with Gasteiger partial charge in [0.25, 0.3) is 0 Å². The second kappa shape index (κ2) is 5.96. The van der Waals surface area contributed by atoms with Crippen LogP contribution in [-0.4, -0.2) is 36.4 Å². The van der Waals surface area contributed by atoms with E-state index >= 15 is 0 Å². The van der Waals surface area contributed by atoms with E-state index in [4.69, 9.17) is 0 Å². The molecule has 0 unspecified atom stereocenters. The van der Waals surface area contributed by atoms with Crippen molar-refractivity contribution in [3.63, 3.8) is 0 Å². The number of nitrogens with one attached hydrogen (secondary N) is 1. The van der Waals surface area contributed by atoms with Crippen molar-refractivity contribution >= 4 is 5.82 Å². The summed E-state index contributed by atoms with van der Waals surface area (Å²) in [5.41, 5.74) is 1.45. The molecule has 3 rings (SSSR count). The van der Waals surface area contributed by atoms with E-state index in [0.717, 1.165) is 44.0 Å². The number of hydrogen-bond donors (Lipinski definition) is 1. The predicted molar refractivity (Wildman–Crippen MR) is 77.1 cm³/mol. The van der Waals surface area contributed by atoms with Gasteiger partial charge in [0, 0.05) is 25.2 Å². The fraction of sp³-hybridized carbons (Fsp3) is 0.333. The fourth-order valence-electron chi connectivity index (χ4n) is 2.37. The second-order valence-electron chi connectivity index (χ2n) is 4.88. The molecule has 1 N–H and O–H groups in total. The van der Waals surface area contributed by atoms with E-state index in [1.54, 1.807) is 6.07 Å². The van der Waals surface area contributed by atoms with Crippen molar-refractivity contribution in [2.24, 2.45) is 0 Å². The zero-order valence-corrected chi connectivity index (χ0v) is 11.2. The Balaban J connectivity index is 1.80. The molecule has 0 bridgehead atoms. The van der Waals surface area contributed by atoms with Gasteiger partial charge in [-0.25, -0.2) is 4.39 Å². The van der Waals surface area contributed by atoms with Gasteiger partial charge in [0.1, 0.15) is 5.82 Å². The van der Waals surface area contributed by atoms with Gasteiger partial charge in [-0.3, -0.25) is 0 Å². The van der Waals surface area contributed by atoms with Crippen LogP contribution in [0.1, 0.15) is 6.42 Å². The summed E-state index contributed by atoms with van der Waals surface area (Å²) >= 11 is 0. The van der Waals surface area contributed by atoms with Crippen LogP contribution >= 0.6 is 0 Å². The highest BCUT2D eigenvalue weighted by molar-refractivity contribution is 5.59. The predicted octanol–water partition coefficient (Wildman–Crippen LogP) is 2.08. The number of benzene rings is 1. The van der Waals surface area contributed by atoms with Crippen LogP contribution in [0.5, 0.6) is 0 Å². The molecule has 2 heterocycles. The summed E-state index contributed by atoms with van der Waals surface area (Å²) in [6, 6.07) is 10.3. The van der Waals surface area contributed by atoms with Crippen molar-refractivity contribution < 1.29 is 4.39 Å². The third-order valence-corrected chi connectivity index (χ3v) is 3.43. The van der Waals surface area contributed by atoms with Crippen LogP contribution in [0.15, 0.2) is 36.4 Å². The number of halogens is 1. The molecular weight excluding hydrogens is 255 g/mol. The zero-order valence-electron chi connectivity index (χ0n) is 11.2. The lowest BCUT2D eigenvalue weighted by Crippen LogP contribution is -2.28. The van der Waals surface area contributed by atoms with Crippen molar-refractivity contribution in [3.05, 3.63) is 42.2 Å². The SMILES string of the molecule is Fc1cccc(-c2ccc(N3CCCNCC3)nn2)c1. The van der Waals surface area contributed by atoms with Crippen molar-refractivity contribution in [2.45, 2.75) is 6.42 Å². The maximum absolute atomic E-state index is 13.2. The molecule has 1 aliphatic heterocycles. The molecule has 4 nitrogen and oxygen atoms in total. The first-order chi connectivity index (χ1) is 9.83. The van der Waals surface area contributed by atoms with Gasteiger partial charge in [-0.05, 0) is 37.2 Å². The van der Waals surface area contributed by atoms with E-state index in [1.807, 2.05) is 18.2 Å². The third-order valence-electron chi connectivity index (χ3n) is 3.43. The molecule has 2 aromatic rings. The van der Waals surface area contributed by atoms with Gasteiger partial charge >= 0.3 is 0 Å². The molecule has 5 heteroatoms. The largest absolute Gasteiger partial charge is 0.354 e. The van der Waals surface area contributed by atoms with Crippen LogP contribution in [-0.2, 0) is 0 Å². The molecule has 1 saturated heterocycles. The van der Waals surface area contributed by atoms with E-state index in [1.165, 1.54) is 12.1 Å². The minimum Gasteiger partial charge on any atom is -0.354 e. The molecule has 0 aliphatic carbocycles. The molecule has 1 aromatic heterocycles. The first-order valence-corrected chi connectivity index (χ1v) is 6.88. The highest BCUT2D eigenvalue weighted by Gasteiger charge is 2.11. The van der Waals surface area contributed by atoms with Gasteiger partial charge in [0.2, 0.25) is 0 Å². The van der Waals surface area contributed by atoms with Gasteiger partial charge in [-0.15, -0.1) is 10.2 Å². The lowest BCUT2D eigenvalue weighted by Gasteiger charge is -2.20. The quantitative estimate of drug-likeness (QED) is 0.909. The zero-order chi connectivity index (χ0) is 13.8. The Hall–Kier alpha value is -2.01. The van der Waals surface area contributed by atoms with Crippen molar-refractivity contribution in [3.8, 4) is 11.3 Å². The summed E-state index contributed by atoms with van der Waals surface area (Å²) in [5.74, 6) is 0.626. The van der Waals surface area contributed by atoms with Gasteiger partial charge in [0.15, 0.2) is 5.82 Å². The fourth-order valence-corrected chi connectivity index (χ4v) is 2.37.